The molecule has 1 saturated heterocycles. The molecule has 1 aliphatic heterocycles. The van der Waals surface area contributed by atoms with Gasteiger partial charge >= 0.3 is 0 Å². The molecule has 0 saturated carbocycles. The second kappa shape index (κ2) is 18.1. The summed E-state index contributed by atoms with van der Waals surface area (Å²) in [5.74, 6) is -1.29. The number of nitrogen functional groups attached to an aromatic ring is 1. The summed E-state index contributed by atoms with van der Waals surface area (Å²) in [4.78, 5) is 94.7. The van der Waals surface area contributed by atoms with Crippen molar-refractivity contribution >= 4 is 69.1 Å². The zero-order valence-corrected chi connectivity index (χ0v) is 30.7. The lowest BCUT2D eigenvalue weighted by atomic mass is 9.87. The number of phosphoric acid groups is 3. The van der Waals surface area contributed by atoms with Crippen LogP contribution in [-0.4, -0.2) is 103 Å². The predicted octanol–water partition coefficient (Wildman–Crippen LogP) is -3.68. The van der Waals surface area contributed by atoms with Crippen LogP contribution in [0, 0.1) is 5.41 Å². The average Bonchev–Trinajstić information content (AvgIpc) is 3.60. The lowest BCUT2D eigenvalue weighted by Gasteiger charge is -2.36. The fourth-order valence-electron chi connectivity index (χ4n) is 4.32. The minimum Gasteiger partial charge on any atom is -0.790 e. The number of imidazole rings is 1. The number of hydrogen-bond donors (Lipinski definition) is 5. The number of aliphatic hydroxyl groups is 2. The van der Waals surface area contributed by atoms with Crippen LogP contribution in [0.2, 0.25) is 0 Å². The summed E-state index contributed by atoms with van der Waals surface area (Å²) in [6.45, 7) is 3.36. The molecular weight excluding hydrogens is 783 g/mol. The van der Waals surface area contributed by atoms with Crippen LogP contribution in [0.3, 0.4) is 0 Å². The molecule has 0 aliphatic carbocycles. The molecule has 0 radical (unpaired) electrons. The molecule has 292 valence electrons. The molecule has 6 N–H and O–H groups in total. The highest BCUT2D eigenvalue weighted by molar-refractivity contribution is 8.14. The first kappa shape index (κ1) is 43.7. The molecule has 0 spiro atoms. The Bertz CT molecular complexity index is 1760. The normalized spacial score (nSPS) is 22.3. The molecule has 52 heavy (non-hydrogen) atoms. The summed E-state index contributed by atoms with van der Waals surface area (Å²) in [7, 11) is -17.6. The second-order valence-electron chi connectivity index (χ2n) is 11.4. The number of fused-ring (bicyclic) bond motifs is 1. The zero-order chi connectivity index (χ0) is 39.1. The van der Waals surface area contributed by atoms with Gasteiger partial charge in [-0.1, -0.05) is 32.2 Å². The third-order valence-corrected chi connectivity index (χ3v) is 10.8. The van der Waals surface area contributed by atoms with Gasteiger partial charge in [-0.05, 0) is 6.08 Å². The monoisotopic (exact) mass is 817 g/mol. The Morgan fingerprint density at radius 1 is 1.13 bits per heavy atom. The Morgan fingerprint density at radius 2 is 1.81 bits per heavy atom. The van der Waals surface area contributed by atoms with Gasteiger partial charge in [0, 0.05) is 30.7 Å². The van der Waals surface area contributed by atoms with E-state index < -0.39 is 84.6 Å². The topological polar surface area (TPSA) is 375 Å². The van der Waals surface area contributed by atoms with Gasteiger partial charge in [0.05, 0.1) is 27.4 Å². The third kappa shape index (κ3) is 12.7. The van der Waals surface area contributed by atoms with E-state index in [1.807, 2.05) is 0 Å². The first-order chi connectivity index (χ1) is 24.1. The fraction of sp³-hybridized carbons (Fsp3) is 0.583. The maximum absolute atomic E-state index is 12.4. The van der Waals surface area contributed by atoms with Crippen molar-refractivity contribution in [1.82, 2.24) is 30.2 Å². The summed E-state index contributed by atoms with van der Waals surface area (Å²) in [6.07, 6.45) is -6.47. The number of carbonyl (C=O) groups is 3. The molecule has 7 unspecified atom stereocenters. The summed E-state index contributed by atoms with van der Waals surface area (Å²) < 4.78 is 60.2. The summed E-state index contributed by atoms with van der Waals surface area (Å²) in [5.41, 5.74) is 4.05. The van der Waals surface area contributed by atoms with Crippen LogP contribution < -0.4 is 35.9 Å². The van der Waals surface area contributed by atoms with Gasteiger partial charge in [-0.3, -0.25) is 28.1 Å². The van der Waals surface area contributed by atoms with E-state index in [4.69, 9.17) is 10.5 Å². The van der Waals surface area contributed by atoms with E-state index in [0.717, 1.165) is 35.1 Å². The van der Waals surface area contributed by atoms with E-state index >= 15 is 0 Å². The molecule has 2 aromatic heterocycles. The molecule has 1 fully saturated rings. The number of hydrogen-bond acceptors (Lipinski definition) is 22. The lowest BCUT2D eigenvalue weighted by molar-refractivity contribution is -0.347. The summed E-state index contributed by atoms with van der Waals surface area (Å²) in [6, 6.07) is 0. The first-order valence-corrected chi connectivity index (χ1v) is 20.0. The van der Waals surface area contributed by atoms with Gasteiger partial charge in [0.25, 0.3) is 15.6 Å². The number of aliphatic hydroxyl groups excluding tert-OH is 2. The average molecular weight is 818 g/mol. The van der Waals surface area contributed by atoms with Crippen molar-refractivity contribution < 1.29 is 80.5 Å². The van der Waals surface area contributed by atoms with E-state index in [-0.39, 0.29) is 41.6 Å². The quantitative estimate of drug-likeness (QED) is 0.0488. The molecule has 3 heterocycles. The van der Waals surface area contributed by atoms with Gasteiger partial charge in [0.1, 0.15) is 36.3 Å². The fourth-order valence-corrected chi connectivity index (χ4v) is 7.58. The number of ether oxygens (including phenoxy) is 1. The molecule has 28 heteroatoms. The molecule has 0 bridgehead atoms. The molecule has 2 amide bonds. The molecule has 3 rings (SSSR count). The van der Waals surface area contributed by atoms with E-state index in [0.29, 0.717) is 5.75 Å². The largest absolute Gasteiger partial charge is 0.790 e. The van der Waals surface area contributed by atoms with E-state index in [9.17, 15) is 57.9 Å². The van der Waals surface area contributed by atoms with Crippen LogP contribution in [0.5, 0.6) is 0 Å². The zero-order valence-electron chi connectivity index (χ0n) is 27.2. The molecule has 7 atom stereocenters. The van der Waals surface area contributed by atoms with Crippen LogP contribution >= 0.6 is 35.2 Å². The van der Waals surface area contributed by atoms with Gasteiger partial charge in [0.2, 0.25) is 16.9 Å². The molecule has 1 aliphatic rings. The van der Waals surface area contributed by atoms with Crippen molar-refractivity contribution in [2.45, 2.75) is 50.9 Å². The van der Waals surface area contributed by atoms with Crippen molar-refractivity contribution in [2.24, 2.45) is 5.41 Å². The molecule has 2 aromatic rings. The second-order valence-corrected chi connectivity index (χ2v) is 16.5. The number of rotatable bonds is 20. The Balaban J connectivity index is 1.54. The summed E-state index contributed by atoms with van der Waals surface area (Å²) >= 11 is 0.940. The van der Waals surface area contributed by atoms with Crippen LogP contribution in [0.25, 0.3) is 11.2 Å². The highest BCUT2D eigenvalue weighted by Gasteiger charge is 2.47. The summed E-state index contributed by atoms with van der Waals surface area (Å²) in [5, 5.41) is 25.7. The predicted molar refractivity (Wildman–Crippen MR) is 168 cm³/mol. The van der Waals surface area contributed by atoms with E-state index in [2.05, 4.69) is 50.0 Å². The maximum atomic E-state index is 12.4. The number of nitrogens with one attached hydrogen (secondary N) is 2. The Kier molecular flexibility index (Phi) is 15.2. The van der Waals surface area contributed by atoms with Crippen molar-refractivity contribution in [3.8, 4) is 0 Å². The van der Waals surface area contributed by atoms with Gasteiger partial charge in [-0.2, -0.15) is 0 Å². The standard InChI is InChI=1S/C24H38N7O17P3S/c1-4-15(33)52-8-7-26-14(32)5-6-27-22(36)19(35)24(2,3)10-45-51(42,43)48-50(40,41)44-9-13-18(47-49(37,38)39)17(34)23(46-13)31-12-30-16-20(25)28-11-29-21(16)31/h4,11-13,17-19,23,34-35H,1,5-10H2,2-3H3,(H,26,32)(H,27,36)(H,40,41)(H,42,43)(H2,25,28,29)(H2,37,38,39)/p-4. The van der Waals surface area contributed by atoms with E-state index in [1.165, 1.54) is 13.8 Å². The van der Waals surface area contributed by atoms with Crippen LogP contribution in [-0.2, 0) is 50.7 Å². The number of phosphoric ester groups is 3. The van der Waals surface area contributed by atoms with Crippen molar-refractivity contribution in [1.29, 1.82) is 0 Å². The Hall–Kier alpha value is -2.70. The Labute approximate surface area is 298 Å². The van der Waals surface area contributed by atoms with Crippen LogP contribution in [0.1, 0.15) is 26.5 Å². The van der Waals surface area contributed by atoms with Crippen molar-refractivity contribution in [3.63, 3.8) is 0 Å². The number of thioether (sulfide) groups is 1. The number of nitrogens with zero attached hydrogens (tertiary/aromatic N) is 4. The molecular formula is C24H34N7O17P3S-4. The number of amides is 2. The van der Waals surface area contributed by atoms with Gasteiger partial charge in [-0.15, -0.1) is 0 Å². The van der Waals surface area contributed by atoms with Crippen molar-refractivity contribution in [3.05, 3.63) is 25.3 Å². The van der Waals surface area contributed by atoms with Crippen LogP contribution in [0.15, 0.2) is 25.3 Å². The lowest BCUT2D eigenvalue weighted by Crippen LogP contribution is -2.46. The minimum atomic E-state index is -5.91. The molecule has 24 nitrogen and oxygen atoms in total. The number of aromatic nitrogens is 4. The first-order valence-electron chi connectivity index (χ1n) is 14.7. The molecule has 0 aromatic carbocycles. The van der Waals surface area contributed by atoms with Crippen molar-refractivity contribution in [2.75, 3.05) is 37.8 Å². The van der Waals surface area contributed by atoms with Gasteiger partial charge in [-0.25, -0.2) is 19.3 Å². The SMILES string of the molecule is C=CC(=O)SCCNC(=O)CCNC(=O)C(O)C(C)(C)COP(=O)([O-])OP(=O)([O-])OCC1OC(n2cnc3c(N)ncnc32)C(O)C1OP(=O)([O-])[O-]. The third-order valence-electron chi connectivity index (χ3n) is 6.89. The maximum Gasteiger partial charge on any atom is 0.274 e. The number of anilines is 1. The Morgan fingerprint density at radius 3 is 2.46 bits per heavy atom. The van der Waals surface area contributed by atoms with Gasteiger partial charge in [0.15, 0.2) is 17.7 Å². The van der Waals surface area contributed by atoms with E-state index in [1.54, 1.807) is 0 Å². The number of nitrogens with two attached hydrogens (primary N) is 1. The highest BCUT2D eigenvalue weighted by atomic mass is 32.2. The minimum absolute atomic E-state index is 0.0228. The number of carbonyl (C=O) groups excluding carboxylic acids is 3. The van der Waals surface area contributed by atoms with Crippen LogP contribution in [0.4, 0.5) is 5.82 Å². The smallest absolute Gasteiger partial charge is 0.274 e. The highest BCUT2D eigenvalue weighted by Crippen LogP contribution is 2.56. The van der Waals surface area contributed by atoms with Gasteiger partial charge < -0.3 is 69.0 Å².